The molecule has 0 heterocycles. The lowest BCUT2D eigenvalue weighted by atomic mass is 9.99. The molecule has 0 aromatic heterocycles. The standard InChI is InChI=1S/C14H13FIN/c15-13-7-2-1-4-10(13)9-14(17)11-5-3-6-12(16)8-11/h1-8,14H,9,17H2. The van der Waals surface area contributed by atoms with Gasteiger partial charge >= 0.3 is 0 Å². The van der Waals surface area contributed by atoms with E-state index in [1.165, 1.54) is 6.07 Å². The largest absolute Gasteiger partial charge is 0.324 e. The minimum absolute atomic E-state index is 0.165. The van der Waals surface area contributed by atoms with Crippen molar-refractivity contribution in [2.45, 2.75) is 12.5 Å². The van der Waals surface area contributed by atoms with E-state index in [1.54, 1.807) is 12.1 Å². The highest BCUT2D eigenvalue weighted by Crippen LogP contribution is 2.19. The summed E-state index contributed by atoms with van der Waals surface area (Å²) in [6.07, 6.45) is 0.521. The van der Waals surface area contributed by atoms with Crippen LogP contribution in [0.2, 0.25) is 0 Å². The zero-order valence-corrected chi connectivity index (χ0v) is 11.4. The van der Waals surface area contributed by atoms with Gasteiger partial charge < -0.3 is 5.73 Å². The molecule has 2 aromatic carbocycles. The van der Waals surface area contributed by atoms with Crippen LogP contribution < -0.4 is 5.73 Å². The lowest BCUT2D eigenvalue weighted by Crippen LogP contribution is -2.14. The molecule has 0 bridgehead atoms. The molecule has 1 nitrogen and oxygen atoms in total. The second-order valence-corrected chi connectivity index (χ2v) is 5.20. The summed E-state index contributed by atoms with van der Waals surface area (Å²) in [6, 6.07) is 14.6. The molecule has 2 aromatic rings. The highest BCUT2D eigenvalue weighted by Gasteiger charge is 2.10. The number of nitrogens with two attached hydrogens (primary N) is 1. The fourth-order valence-electron chi connectivity index (χ4n) is 1.76. The summed E-state index contributed by atoms with van der Waals surface area (Å²) >= 11 is 2.25. The molecular formula is C14H13FIN. The Morgan fingerprint density at radius 1 is 1.12 bits per heavy atom. The number of halogens is 2. The van der Waals surface area contributed by atoms with Crippen molar-refractivity contribution in [2.75, 3.05) is 0 Å². The smallest absolute Gasteiger partial charge is 0.126 e. The van der Waals surface area contributed by atoms with E-state index in [-0.39, 0.29) is 11.9 Å². The Morgan fingerprint density at radius 3 is 2.59 bits per heavy atom. The lowest BCUT2D eigenvalue weighted by molar-refractivity contribution is 0.593. The van der Waals surface area contributed by atoms with E-state index in [2.05, 4.69) is 22.6 Å². The van der Waals surface area contributed by atoms with Crippen LogP contribution in [0.3, 0.4) is 0 Å². The Morgan fingerprint density at radius 2 is 1.88 bits per heavy atom. The predicted octanol–water partition coefficient (Wildman–Crippen LogP) is 3.67. The fraction of sp³-hybridized carbons (Fsp3) is 0.143. The molecule has 0 aliphatic rings. The van der Waals surface area contributed by atoms with Crippen LogP contribution in [0.4, 0.5) is 4.39 Å². The van der Waals surface area contributed by atoms with Gasteiger partial charge in [0.05, 0.1) is 0 Å². The Balaban J connectivity index is 2.17. The van der Waals surface area contributed by atoms with E-state index in [0.717, 1.165) is 9.13 Å². The van der Waals surface area contributed by atoms with Crippen LogP contribution in [-0.2, 0) is 6.42 Å². The summed E-state index contributed by atoms with van der Waals surface area (Å²) < 4.78 is 14.6. The third kappa shape index (κ3) is 3.26. The SMILES string of the molecule is NC(Cc1ccccc1F)c1cccc(I)c1. The van der Waals surface area contributed by atoms with E-state index in [0.29, 0.717) is 12.0 Å². The van der Waals surface area contributed by atoms with Crippen molar-refractivity contribution in [1.82, 2.24) is 0 Å². The average molecular weight is 341 g/mol. The minimum atomic E-state index is -0.187. The molecular weight excluding hydrogens is 328 g/mol. The molecule has 0 radical (unpaired) electrons. The second kappa shape index (κ2) is 5.60. The third-order valence-electron chi connectivity index (χ3n) is 2.67. The topological polar surface area (TPSA) is 26.0 Å². The quantitative estimate of drug-likeness (QED) is 0.847. The van der Waals surface area contributed by atoms with Crippen molar-refractivity contribution in [2.24, 2.45) is 5.73 Å². The van der Waals surface area contributed by atoms with Gasteiger partial charge in [0.25, 0.3) is 0 Å². The van der Waals surface area contributed by atoms with Crippen LogP contribution in [0.25, 0.3) is 0 Å². The van der Waals surface area contributed by atoms with E-state index in [1.807, 2.05) is 30.3 Å². The molecule has 0 aliphatic carbocycles. The number of benzene rings is 2. The van der Waals surface area contributed by atoms with E-state index < -0.39 is 0 Å². The van der Waals surface area contributed by atoms with E-state index >= 15 is 0 Å². The molecule has 0 spiro atoms. The van der Waals surface area contributed by atoms with Crippen LogP contribution in [0.15, 0.2) is 48.5 Å². The van der Waals surface area contributed by atoms with Crippen LogP contribution in [0.5, 0.6) is 0 Å². The normalized spacial score (nSPS) is 12.4. The first kappa shape index (κ1) is 12.5. The van der Waals surface area contributed by atoms with Gasteiger partial charge in [-0.3, -0.25) is 0 Å². The third-order valence-corrected chi connectivity index (χ3v) is 3.35. The summed E-state index contributed by atoms with van der Waals surface area (Å²) in [5.41, 5.74) is 7.80. The minimum Gasteiger partial charge on any atom is -0.324 e. The first-order chi connectivity index (χ1) is 8.16. The fourth-order valence-corrected chi connectivity index (χ4v) is 2.32. The summed E-state index contributed by atoms with van der Waals surface area (Å²) in [7, 11) is 0. The Hall–Kier alpha value is -0.940. The van der Waals surface area contributed by atoms with Crippen LogP contribution in [0, 0.1) is 9.39 Å². The van der Waals surface area contributed by atoms with Crippen molar-refractivity contribution >= 4 is 22.6 Å². The zero-order valence-electron chi connectivity index (χ0n) is 9.24. The maximum absolute atomic E-state index is 13.5. The van der Waals surface area contributed by atoms with Crippen molar-refractivity contribution in [3.8, 4) is 0 Å². The summed E-state index contributed by atoms with van der Waals surface area (Å²) in [6.45, 7) is 0. The van der Waals surface area contributed by atoms with Crippen molar-refractivity contribution in [3.05, 3.63) is 69.0 Å². The first-order valence-corrected chi connectivity index (χ1v) is 6.49. The lowest BCUT2D eigenvalue weighted by Gasteiger charge is -2.13. The molecule has 0 saturated heterocycles. The number of hydrogen-bond acceptors (Lipinski definition) is 1. The predicted molar refractivity (Wildman–Crippen MR) is 76.2 cm³/mol. The van der Waals surface area contributed by atoms with Crippen molar-refractivity contribution < 1.29 is 4.39 Å². The van der Waals surface area contributed by atoms with Gasteiger partial charge in [-0.25, -0.2) is 4.39 Å². The Labute approximate surface area is 114 Å². The molecule has 0 aliphatic heterocycles. The van der Waals surface area contributed by atoms with Crippen LogP contribution >= 0.6 is 22.6 Å². The molecule has 0 saturated carbocycles. The van der Waals surface area contributed by atoms with Gasteiger partial charge in [-0.05, 0) is 58.3 Å². The average Bonchev–Trinajstić information content (AvgIpc) is 2.32. The molecule has 3 heteroatoms. The van der Waals surface area contributed by atoms with Crippen molar-refractivity contribution in [3.63, 3.8) is 0 Å². The monoisotopic (exact) mass is 341 g/mol. The molecule has 1 atom stereocenters. The number of rotatable bonds is 3. The van der Waals surface area contributed by atoms with Crippen molar-refractivity contribution in [1.29, 1.82) is 0 Å². The summed E-state index contributed by atoms with van der Waals surface area (Å²) in [5.74, 6) is -0.187. The Bertz CT molecular complexity index is 513. The molecule has 2 N–H and O–H groups in total. The van der Waals surface area contributed by atoms with Crippen LogP contribution in [0.1, 0.15) is 17.2 Å². The maximum Gasteiger partial charge on any atom is 0.126 e. The Kier molecular flexibility index (Phi) is 4.12. The maximum atomic E-state index is 13.5. The summed E-state index contributed by atoms with van der Waals surface area (Å²) in [5, 5.41) is 0. The van der Waals surface area contributed by atoms with Crippen LogP contribution in [-0.4, -0.2) is 0 Å². The highest BCUT2D eigenvalue weighted by molar-refractivity contribution is 14.1. The molecule has 17 heavy (non-hydrogen) atoms. The van der Waals surface area contributed by atoms with E-state index in [4.69, 9.17) is 5.73 Å². The van der Waals surface area contributed by atoms with Gasteiger partial charge in [0.2, 0.25) is 0 Å². The molecule has 1 unspecified atom stereocenters. The highest BCUT2D eigenvalue weighted by atomic mass is 127. The van der Waals surface area contributed by atoms with Gasteiger partial charge in [0.15, 0.2) is 0 Å². The zero-order chi connectivity index (χ0) is 12.3. The molecule has 2 rings (SSSR count). The van der Waals surface area contributed by atoms with Gasteiger partial charge in [-0.1, -0.05) is 30.3 Å². The van der Waals surface area contributed by atoms with E-state index in [9.17, 15) is 4.39 Å². The first-order valence-electron chi connectivity index (χ1n) is 5.41. The van der Waals surface area contributed by atoms with Gasteiger partial charge in [-0.15, -0.1) is 0 Å². The number of hydrogen-bond donors (Lipinski definition) is 1. The van der Waals surface area contributed by atoms with Gasteiger partial charge in [0, 0.05) is 9.61 Å². The molecule has 0 amide bonds. The molecule has 88 valence electrons. The summed E-state index contributed by atoms with van der Waals surface area (Å²) in [4.78, 5) is 0. The van der Waals surface area contributed by atoms with Gasteiger partial charge in [-0.2, -0.15) is 0 Å². The van der Waals surface area contributed by atoms with Gasteiger partial charge in [0.1, 0.15) is 5.82 Å². The molecule has 0 fully saturated rings. The second-order valence-electron chi connectivity index (χ2n) is 3.96.